The number of carbonyl (C=O) groups excluding carboxylic acids is 3. The number of benzene rings is 1. The lowest BCUT2D eigenvalue weighted by Gasteiger charge is -2.29. The smallest absolute Gasteiger partial charge is 0.323 e. The first-order chi connectivity index (χ1) is 16.6. The quantitative estimate of drug-likeness (QED) is 0.228. The summed E-state index contributed by atoms with van der Waals surface area (Å²) in [5, 5.41) is 0.857. The van der Waals surface area contributed by atoms with Gasteiger partial charge in [-0.2, -0.15) is 0 Å². The van der Waals surface area contributed by atoms with Crippen LogP contribution in [0.25, 0.3) is 0 Å². The van der Waals surface area contributed by atoms with Gasteiger partial charge in [0.05, 0.1) is 27.2 Å². The molecule has 0 aromatic heterocycles. The number of rotatable bonds is 9. The van der Waals surface area contributed by atoms with Crippen LogP contribution in [0.3, 0.4) is 0 Å². The zero-order chi connectivity index (χ0) is 25.8. The molecule has 0 saturated carbocycles. The molecule has 0 amide bonds. The van der Waals surface area contributed by atoms with Gasteiger partial charge >= 0.3 is 11.9 Å². The maximum atomic E-state index is 14.2. The van der Waals surface area contributed by atoms with E-state index in [9.17, 15) is 14.4 Å². The van der Waals surface area contributed by atoms with Crippen LogP contribution in [0.1, 0.15) is 70.8 Å². The van der Waals surface area contributed by atoms with Crippen molar-refractivity contribution in [3.63, 3.8) is 0 Å². The molecule has 0 saturated heterocycles. The van der Waals surface area contributed by atoms with E-state index < -0.39 is 25.4 Å². The molecule has 0 bridgehead atoms. The Hall–Kier alpha value is -2.47. The summed E-state index contributed by atoms with van der Waals surface area (Å²) >= 11 is 0. The third-order valence-electron chi connectivity index (χ3n) is 7.18. The average molecular weight is 497 g/mol. The molecule has 1 aromatic carbocycles. The molecule has 0 heterocycles. The number of unbranched alkanes of at least 4 members (excludes halogenated alkanes) is 1. The monoisotopic (exact) mass is 496 g/mol. The minimum Gasteiger partial charge on any atom is -0.465 e. The fraction of sp³-hybridized carbons (Fsp3) is 0.552. The summed E-state index contributed by atoms with van der Waals surface area (Å²) in [4.78, 5) is 41.1. The topological polar surface area (TPSA) is 69.7 Å². The molecular formula is C29H40O5Si. The third-order valence-corrected chi connectivity index (χ3v) is 9.23. The van der Waals surface area contributed by atoms with Crippen LogP contribution in [0.2, 0.25) is 19.6 Å². The van der Waals surface area contributed by atoms with Crippen molar-refractivity contribution in [1.82, 2.24) is 0 Å². The van der Waals surface area contributed by atoms with Gasteiger partial charge in [0.2, 0.25) is 0 Å². The molecule has 0 N–H and O–H groups in total. The van der Waals surface area contributed by atoms with Gasteiger partial charge in [-0.15, -0.1) is 0 Å². The summed E-state index contributed by atoms with van der Waals surface area (Å²) in [5.41, 5.74) is 2.72. The molecule has 0 spiro atoms. The minimum atomic E-state index is -2.13. The van der Waals surface area contributed by atoms with Gasteiger partial charge in [-0.1, -0.05) is 68.9 Å². The van der Waals surface area contributed by atoms with Gasteiger partial charge < -0.3 is 9.47 Å². The molecule has 0 unspecified atom stereocenters. The number of hydrogen-bond acceptors (Lipinski definition) is 5. The maximum Gasteiger partial charge on any atom is 0.323 e. The van der Waals surface area contributed by atoms with Crippen LogP contribution in [0.15, 0.2) is 52.2 Å². The first kappa shape index (κ1) is 27.1. The number of fused-ring (bicyclic) bond motifs is 1. The number of carbonyl (C=O) groups is 3. The van der Waals surface area contributed by atoms with Gasteiger partial charge in [0.25, 0.3) is 0 Å². The Balaban J connectivity index is 2.30. The van der Waals surface area contributed by atoms with Gasteiger partial charge in [0.1, 0.15) is 0 Å². The highest BCUT2D eigenvalue weighted by Gasteiger charge is 2.55. The molecular weight excluding hydrogens is 456 g/mol. The highest BCUT2D eigenvalue weighted by molar-refractivity contribution is 6.88. The van der Waals surface area contributed by atoms with Crippen molar-refractivity contribution in [3.05, 3.63) is 57.8 Å². The van der Waals surface area contributed by atoms with E-state index in [0.29, 0.717) is 12.8 Å². The van der Waals surface area contributed by atoms with Crippen LogP contribution < -0.4 is 0 Å². The fourth-order valence-electron chi connectivity index (χ4n) is 5.63. The predicted molar refractivity (Wildman–Crippen MR) is 141 cm³/mol. The van der Waals surface area contributed by atoms with Crippen LogP contribution in [0, 0.1) is 5.41 Å². The van der Waals surface area contributed by atoms with E-state index in [0.717, 1.165) is 41.2 Å². The normalized spacial score (nSPS) is 19.9. The fourth-order valence-corrected chi connectivity index (χ4v) is 7.64. The zero-order valence-electron chi connectivity index (χ0n) is 22.2. The number of allylic oxidation sites excluding steroid dienone is 4. The van der Waals surface area contributed by atoms with Crippen molar-refractivity contribution in [2.45, 2.75) is 84.9 Å². The van der Waals surface area contributed by atoms with E-state index >= 15 is 0 Å². The number of ether oxygens (including phenoxy) is 2. The number of esters is 2. The summed E-state index contributed by atoms with van der Waals surface area (Å²) in [6, 6.07) is 9.94. The molecule has 1 aromatic rings. The van der Waals surface area contributed by atoms with Crippen molar-refractivity contribution in [3.8, 4) is 0 Å². The van der Waals surface area contributed by atoms with Crippen LogP contribution >= 0.6 is 0 Å². The number of hydrogen-bond donors (Lipinski definition) is 0. The lowest BCUT2D eigenvalue weighted by Crippen LogP contribution is -2.42. The molecule has 1 atom stereocenters. The van der Waals surface area contributed by atoms with Crippen LogP contribution in [-0.2, 0) is 23.9 Å². The van der Waals surface area contributed by atoms with Gasteiger partial charge in [-0.3, -0.25) is 14.4 Å². The molecule has 6 heteroatoms. The zero-order valence-corrected chi connectivity index (χ0v) is 23.2. The van der Waals surface area contributed by atoms with E-state index in [1.54, 1.807) is 13.8 Å². The molecule has 0 aliphatic heterocycles. The van der Waals surface area contributed by atoms with Crippen LogP contribution in [0.5, 0.6) is 0 Å². The number of Topliss-reactive ketones (excluding diaryl/α,β-unsaturated/α-hetero) is 1. The Kier molecular flexibility index (Phi) is 8.57. The molecule has 2 aliphatic carbocycles. The Bertz CT molecular complexity index is 1010. The Labute approximate surface area is 211 Å². The van der Waals surface area contributed by atoms with Crippen molar-refractivity contribution < 1.29 is 23.9 Å². The molecule has 190 valence electrons. The molecule has 2 aliphatic rings. The van der Waals surface area contributed by atoms with Gasteiger partial charge in [0, 0.05) is 0 Å². The van der Waals surface area contributed by atoms with Crippen molar-refractivity contribution >= 4 is 25.8 Å². The highest BCUT2D eigenvalue weighted by Crippen LogP contribution is 2.54. The van der Waals surface area contributed by atoms with Crippen LogP contribution in [-0.4, -0.2) is 39.0 Å². The molecule has 0 radical (unpaired) electrons. The van der Waals surface area contributed by atoms with Crippen LogP contribution in [0.4, 0.5) is 0 Å². The first-order valence-corrected chi connectivity index (χ1v) is 16.5. The summed E-state index contributed by atoms with van der Waals surface area (Å²) in [6.07, 6.45) is 3.96. The summed E-state index contributed by atoms with van der Waals surface area (Å²) in [6.45, 7) is 12.6. The summed E-state index contributed by atoms with van der Waals surface area (Å²) in [5.74, 6) is -1.31. The highest BCUT2D eigenvalue weighted by atomic mass is 28.3. The maximum absolute atomic E-state index is 14.2. The molecule has 5 nitrogen and oxygen atoms in total. The lowest BCUT2D eigenvalue weighted by molar-refractivity contribution is -0.172. The molecule has 0 fully saturated rings. The van der Waals surface area contributed by atoms with Crippen molar-refractivity contribution in [2.75, 3.05) is 13.2 Å². The first-order valence-electron chi connectivity index (χ1n) is 13.0. The van der Waals surface area contributed by atoms with E-state index in [1.165, 1.54) is 5.57 Å². The second-order valence-corrected chi connectivity index (χ2v) is 15.6. The van der Waals surface area contributed by atoms with E-state index in [-0.39, 0.29) is 31.3 Å². The van der Waals surface area contributed by atoms with Gasteiger partial charge in [0.15, 0.2) is 11.2 Å². The average Bonchev–Trinajstić information content (AvgIpc) is 3.00. The van der Waals surface area contributed by atoms with E-state index in [2.05, 4.69) is 26.6 Å². The third kappa shape index (κ3) is 5.23. The Morgan fingerprint density at radius 2 is 1.60 bits per heavy atom. The summed E-state index contributed by atoms with van der Waals surface area (Å²) in [7, 11) is -2.13. The minimum absolute atomic E-state index is 0.137. The van der Waals surface area contributed by atoms with Gasteiger partial charge in [-0.05, 0) is 67.9 Å². The second-order valence-electron chi connectivity index (χ2n) is 10.6. The standard InChI is InChI=1S/C29H40O5Si/c1-7-10-14-21-17-18-29(27(31)33-8-2,28(32)34-9-3)19-22-23(21)24(20-15-12-11-13-16-20)25(30)26(22)35(4,5)6/h11-13,15-16,24H,7-10,14,17-19H2,1-6H3/t24-/m1/s1. The Morgan fingerprint density at radius 3 is 2.11 bits per heavy atom. The molecule has 3 rings (SSSR count). The number of ketones is 1. The van der Waals surface area contributed by atoms with E-state index in [1.807, 2.05) is 30.3 Å². The lowest BCUT2D eigenvalue weighted by atomic mass is 9.78. The van der Waals surface area contributed by atoms with Crippen molar-refractivity contribution in [2.24, 2.45) is 5.41 Å². The van der Waals surface area contributed by atoms with Crippen molar-refractivity contribution in [1.29, 1.82) is 0 Å². The second kappa shape index (κ2) is 11.1. The predicted octanol–water partition coefficient (Wildman–Crippen LogP) is 6.31. The Morgan fingerprint density at radius 1 is 1.00 bits per heavy atom. The SMILES string of the molecule is CCCCC1=C2C(=C([Si](C)(C)C)C(=O)[C@@H]2c2ccccc2)CC(C(=O)OCC)(C(=O)OCC)CC1. The van der Waals surface area contributed by atoms with Gasteiger partial charge in [-0.25, -0.2) is 0 Å². The largest absolute Gasteiger partial charge is 0.465 e. The summed E-state index contributed by atoms with van der Waals surface area (Å²) < 4.78 is 11.0. The molecule has 35 heavy (non-hydrogen) atoms. The van der Waals surface area contributed by atoms with E-state index in [4.69, 9.17) is 9.47 Å².